The van der Waals surface area contributed by atoms with Crippen molar-refractivity contribution in [3.63, 3.8) is 0 Å². The Kier molecular flexibility index (Phi) is 6.84. The molecule has 122 valence electrons. The summed E-state index contributed by atoms with van der Waals surface area (Å²) < 4.78 is 3.04. The fourth-order valence-corrected chi connectivity index (χ4v) is 3.55. The summed E-state index contributed by atoms with van der Waals surface area (Å²) >= 11 is 3.63. The van der Waals surface area contributed by atoms with Gasteiger partial charge in [-0.1, -0.05) is 13.8 Å². The number of hydrogen-bond acceptors (Lipinski definition) is 4. The van der Waals surface area contributed by atoms with E-state index in [2.05, 4.69) is 72.9 Å². The Morgan fingerprint density at radius 3 is 2.29 bits per heavy atom. The normalized spacial score (nSPS) is 14.2. The highest BCUT2D eigenvalue weighted by molar-refractivity contribution is 9.10. The first-order valence-electron chi connectivity index (χ1n) is 7.59. The molecule has 1 aromatic heterocycles. The molecule has 0 spiro atoms. The van der Waals surface area contributed by atoms with Gasteiger partial charge in [0.15, 0.2) is 0 Å². The highest BCUT2D eigenvalue weighted by atomic mass is 79.9. The molecule has 0 aromatic carbocycles. The molecule has 0 aliphatic rings. The van der Waals surface area contributed by atoms with Crippen LogP contribution in [-0.4, -0.2) is 59.9 Å². The summed E-state index contributed by atoms with van der Waals surface area (Å²) in [6.07, 6.45) is 3.86. The second-order valence-electron chi connectivity index (χ2n) is 6.09. The first-order chi connectivity index (χ1) is 9.80. The molecule has 0 fully saturated rings. The van der Waals surface area contributed by atoms with Gasteiger partial charge in [0.05, 0.1) is 29.0 Å². The van der Waals surface area contributed by atoms with Crippen molar-refractivity contribution in [2.45, 2.75) is 44.8 Å². The Labute approximate surface area is 137 Å². The van der Waals surface area contributed by atoms with Gasteiger partial charge < -0.3 is 15.5 Å². The van der Waals surface area contributed by atoms with Crippen LogP contribution in [0.1, 0.15) is 38.4 Å². The van der Waals surface area contributed by atoms with E-state index < -0.39 is 0 Å². The minimum atomic E-state index is -0.0819. The standard InChI is InChI=1S/C15H30BrN5/c1-7-15(8-2,20(5)6)14(17)13-12(16)11-18-21(13)10-9-19(3)4/h11,14H,7-10,17H2,1-6H3. The molecule has 0 saturated carbocycles. The van der Waals surface area contributed by atoms with Gasteiger partial charge in [0.25, 0.3) is 0 Å². The largest absolute Gasteiger partial charge is 0.321 e. The van der Waals surface area contributed by atoms with E-state index in [0.717, 1.165) is 36.1 Å². The van der Waals surface area contributed by atoms with Gasteiger partial charge in [0, 0.05) is 12.1 Å². The smallest absolute Gasteiger partial charge is 0.0713 e. The first kappa shape index (κ1) is 18.6. The molecular weight excluding hydrogens is 330 g/mol. The third-order valence-electron chi connectivity index (χ3n) is 4.58. The van der Waals surface area contributed by atoms with E-state index in [1.807, 2.05) is 10.9 Å². The van der Waals surface area contributed by atoms with Crippen LogP contribution in [0.5, 0.6) is 0 Å². The summed E-state index contributed by atoms with van der Waals surface area (Å²) in [5, 5.41) is 4.49. The SMILES string of the molecule is CCC(CC)(C(N)c1c(Br)cnn1CCN(C)C)N(C)C. The average molecular weight is 360 g/mol. The zero-order valence-electron chi connectivity index (χ0n) is 14.2. The average Bonchev–Trinajstić information content (AvgIpc) is 2.78. The number of halogens is 1. The molecule has 0 bridgehead atoms. The summed E-state index contributed by atoms with van der Waals surface area (Å²) in [7, 11) is 8.36. The van der Waals surface area contributed by atoms with E-state index in [9.17, 15) is 0 Å². The van der Waals surface area contributed by atoms with E-state index in [1.165, 1.54) is 0 Å². The zero-order chi connectivity index (χ0) is 16.2. The molecule has 1 aromatic rings. The van der Waals surface area contributed by atoms with Crippen LogP contribution < -0.4 is 5.73 Å². The molecule has 1 rings (SSSR count). The van der Waals surface area contributed by atoms with Gasteiger partial charge in [-0.2, -0.15) is 5.10 Å². The van der Waals surface area contributed by atoms with Crippen molar-refractivity contribution in [2.75, 3.05) is 34.7 Å². The van der Waals surface area contributed by atoms with Crippen molar-refractivity contribution < 1.29 is 0 Å². The molecule has 1 unspecified atom stereocenters. The number of likely N-dealkylation sites (N-methyl/N-ethyl adjacent to an activating group) is 2. The highest BCUT2D eigenvalue weighted by Crippen LogP contribution is 2.37. The van der Waals surface area contributed by atoms with Crippen LogP contribution in [0.3, 0.4) is 0 Å². The fraction of sp³-hybridized carbons (Fsp3) is 0.800. The van der Waals surface area contributed by atoms with Crippen LogP contribution in [0.15, 0.2) is 10.7 Å². The molecule has 1 atom stereocenters. The Hall–Kier alpha value is -0.430. The van der Waals surface area contributed by atoms with Crippen molar-refractivity contribution in [2.24, 2.45) is 5.73 Å². The summed E-state index contributed by atoms with van der Waals surface area (Å²) in [5.41, 5.74) is 7.74. The van der Waals surface area contributed by atoms with Gasteiger partial charge in [0.1, 0.15) is 0 Å². The molecule has 0 radical (unpaired) electrons. The van der Waals surface area contributed by atoms with Crippen LogP contribution in [0.4, 0.5) is 0 Å². The maximum absolute atomic E-state index is 6.70. The first-order valence-corrected chi connectivity index (χ1v) is 8.38. The van der Waals surface area contributed by atoms with Gasteiger partial charge in [-0.05, 0) is 57.0 Å². The van der Waals surface area contributed by atoms with Crippen LogP contribution in [0.25, 0.3) is 0 Å². The van der Waals surface area contributed by atoms with Crippen molar-refractivity contribution in [1.82, 2.24) is 19.6 Å². The van der Waals surface area contributed by atoms with Crippen molar-refractivity contribution in [3.05, 3.63) is 16.4 Å². The molecule has 1 heterocycles. The van der Waals surface area contributed by atoms with Crippen LogP contribution in [0.2, 0.25) is 0 Å². The minimum Gasteiger partial charge on any atom is -0.321 e. The van der Waals surface area contributed by atoms with E-state index >= 15 is 0 Å². The van der Waals surface area contributed by atoms with Crippen molar-refractivity contribution in [3.8, 4) is 0 Å². The number of rotatable bonds is 8. The van der Waals surface area contributed by atoms with Gasteiger partial charge in [-0.3, -0.25) is 4.68 Å². The fourth-order valence-electron chi connectivity index (χ4n) is 3.01. The van der Waals surface area contributed by atoms with Crippen LogP contribution >= 0.6 is 15.9 Å². The zero-order valence-corrected chi connectivity index (χ0v) is 15.8. The Morgan fingerprint density at radius 2 is 1.86 bits per heavy atom. The molecule has 5 nitrogen and oxygen atoms in total. The number of aromatic nitrogens is 2. The summed E-state index contributed by atoms with van der Waals surface area (Å²) in [6.45, 7) is 6.20. The molecule has 0 aliphatic carbocycles. The lowest BCUT2D eigenvalue weighted by atomic mass is 9.82. The summed E-state index contributed by atoms with van der Waals surface area (Å²) in [6, 6.07) is -0.0819. The molecule has 0 aliphatic heterocycles. The molecule has 0 amide bonds. The van der Waals surface area contributed by atoms with Crippen molar-refractivity contribution >= 4 is 15.9 Å². The minimum absolute atomic E-state index is 0.0571. The summed E-state index contributed by atoms with van der Waals surface area (Å²) in [5.74, 6) is 0. The predicted molar refractivity (Wildman–Crippen MR) is 92.4 cm³/mol. The van der Waals surface area contributed by atoms with Gasteiger partial charge >= 0.3 is 0 Å². The monoisotopic (exact) mass is 359 g/mol. The van der Waals surface area contributed by atoms with Crippen molar-refractivity contribution in [1.29, 1.82) is 0 Å². The second-order valence-corrected chi connectivity index (χ2v) is 6.94. The third-order valence-corrected chi connectivity index (χ3v) is 5.19. The summed E-state index contributed by atoms with van der Waals surface area (Å²) in [4.78, 5) is 4.41. The number of hydrogen-bond donors (Lipinski definition) is 1. The Morgan fingerprint density at radius 1 is 1.29 bits per heavy atom. The van der Waals surface area contributed by atoms with Crippen LogP contribution in [-0.2, 0) is 6.54 Å². The second kappa shape index (κ2) is 7.72. The lowest BCUT2D eigenvalue weighted by Crippen LogP contribution is -2.52. The Balaban J connectivity index is 3.16. The third kappa shape index (κ3) is 3.86. The molecule has 2 N–H and O–H groups in total. The lowest BCUT2D eigenvalue weighted by molar-refractivity contribution is 0.101. The van der Waals surface area contributed by atoms with Crippen LogP contribution in [0, 0.1) is 0 Å². The quantitative estimate of drug-likeness (QED) is 0.773. The van der Waals surface area contributed by atoms with E-state index in [0.29, 0.717) is 0 Å². The van der Waals surface area contributed by atoms with E-state index in [-0.39, 0.29) is 11.6 Å². The number of nitrogens with two attached hydrogens (primary N) is 1. The van der Waals surface area contributed by atoms with E-state index in [1.54, 1.807) is 0 Å². The Bertz CT molecular complexity index is 437. The van der Waals surface area contributed by atoms with Gasteiger partial charge in [-0.25, -0.2) is 0 Å². The predicted octanol–water partition coefficient (Wildman–Crippen LogP) is 2.33. The topological polar surface area (TPSA) is 50.3 Å². The molecule has 0 saturated heterocycles. The molecule has 21 heavy (non-hydrogen) atoms. The maximum atomic E-state index is 6.70. The highest BCUT2D eigenvalue weighted by Gasteiger charge is 2.39. The van der Waals surface area contributed by atoms with Gasteiger partial charge in [0.2, 0.25) is 0 Å². The molecule has 6 heteroatoms. The van der Waals surface area contributed by atoms with Gasteiger partial charge in [-0.15, -0.1) is 0 Å². The molecular formula is C15H30BrN5. The maximum Gasteiger partial charge on any atom is 0.0713 e. The lowest BCUT2D eigenvalue weighted by Gasteiger charge is -2.43. The van der Waals surface area contributed by atoms with E-state index in [4.69, 9.17) is 5.73 Å². The number of nitrogens with zero attached hydrogens (tertiary/aromatic N) is 4.